The Balaban J connectivity index is 1.68. The van der Waals surface area contributed by atoms with Gasteiger partial charge < -0.3 is 9.64 Å². The number of carbonyl (C=O) groups excluding carboxylic acids is 1. The molecule has 6 nitrogen and oxygen atoms in total. The number of halogens is 2. The minimum Gasteiger partial charge on any atom is -0.495 e. The Morgan fingerprint density at radius 1 is 1.07 bits per heavy atom. The Bertz CT molecular complexity index is 1060. The van der Waals surface area contributed by atoms with E-state index in [1.165, 1.54) is 7.11 Å². The van der Waals surface area contributed by atoms with E-state index < -0.39 is 15.9 Å². The predicted octanol–water partition coefficient (Wildman–Crippen LogP) is 3.02. The molecule has 2 aliphatic heterocycles. The van der Waals surface area contributed by atoms with Crippen molar-refractivity contribution in [2.75, 3.05) is 30.1 Å². The third kappa shape index (κ3) is 3.97. The molecule has 2 aliphatic rings. The summed E-state index contributed by atoms with van der Waals surface area (Å²) in [5, 5.41) is 0.968. The SMILES string of the molecule is COc1ccc(N2C(=O)CN(Cc3ccccc3Cl)[C@H]3CS(=O)(=O)C[C@H]32)cc1Cl. The van der Waals surface area contributed by atoms with Crippen molar-refractivity contribution in [2.24, 2.45) is 0 Å². The minimum absolute atomic E-state index is 0.00971. The monoisotopic (exact) mass is 454 g/mol. The molecule has 29 heavy (non-hydrogen) atoms. The molecular weight excluding hydrogens is 435 g/mol. The normalized spacial score (nSPS) is 23.8. The highest BCUT2D eigenvalue weighted by Crippen LogP contribution is 2.36. The van der Waals surface area contributed by atoms with Crippen molar-refractivity contribution in [2.45, 2.75) is 18.6 Å². The van der Waals surface area contributed by atoms with Crippen LogP contribution in [0.2, 0.25) is 10.0 Å². The maximum atomic E-state index is 13.1. The standard InChI is InChI=1S/C20H20Cl2N2O4S/c1-28-19-7-6-14(8-16(19)22)24-18-12-29(26,27)11-17(18)23(10-20(24)25)9-13-4-2-3-5-15(13)21/h2-8,17-18H,9-12H2,1H3/t17-,18+/m0/s1. The summed E-state index contributed by atoms with van der Waals surface area (Å²) in [6.45, 7) is 0.519. The average molecular weight is 455 g/mol. The molecule has 2 saturated heterocycles. The summed E-state index contributed by atoms with van der Waals surface area (Å²) in [5.41, 5.74) is 1.44. The van der Waals surface area contributed by atoms with Crippen LogP contribution in [0.3, 0.4) is 0 Å². The van der Waals surface area contributed by atoms with Gasteiger partial charge in [0, 0.05) is 23.3 Å². The third-order valence-corrected chi connectivity index (χ3v) is 7.81. The number of piperazine rings is 1. The molecule has 2 heterocycles. The number of amides is 1. The highest BCUT2D eigenvalue weighted by atomic mass is 35.5. The molecule has 154 valence electrons. The molecule has 0 saturated carbocycles. The van der Waals surface area contributed by atoms with Crippen LogP contribution >= 0.6 is 23.2 Å². The van der Waals surface area contributed by atoms with E-state index >= 15 is 0 Å². The first-order valence-electron chi connectivity index (χ1n) is 9.12. The van der Waals surface area contributed by atoms with Crippen LogP contribution in [0.25, 0.3) is 0 Å². The number of methoxy groups -OCH3 is 1. The Hall–Kier alpha value is -1.80. The van der Waals surface area contributed by atoms with Crippen LogP contribution in [0.1, 0.15) is 5.56 Å². The van der Waals surface area contributed by atoms with Crippen LogP contribution in [0.5, 0.6) is 5.75 Å². The number of nitrogens with zero attached hydrogens (tertiary/aromatic N) is 2. The van der Waals surface area contributed by atoms with E-state index in [9.17, 15) is 13.2 Å². The van der Waals surface area contributed by atoms with Gasteiger partial charge in [-0.2, -0.15) is 0 Å². The highest BCUT2D eigenvalue weighted by molar-refractivity contribution is 7.91. The van der Waals surface area contributed by atoms with Crippen LogP contribution in [0.4, 0.5) is 5.69 Å². The summed E-state index contributed by atoms with van der Waals surface area (Å²) in [4.78, 5) is 16.6. The number of benzene rings is 2. The number of hydrogen-bond acceptors (Lipinski definition) is 5. The largest absolute Gasteiger partial charge is 0.495 e. The molecule has 4 rings (SSSR count). The molecule has 2 aromatic rings. The van der Waals surface area contributed by atoms with Crippen LogP contribution in [0, 0.1) is 0 Å². The van der Waals surface area contributed by atoms with E-state index in [0.717, 1.165) is 5.56 Å². The van der Waals surface area contributed by atoms with E-state index in [1.54, 1.807) is 29.2 Å². The molecule has 0 aromatic heterocycles. The first-order valence-corrected chi connectivity index (χ1v) is 11.7. The number of hydrogen-bond donors (Lipinski definition) is 0. The minimum atomic E-state index is -3.28. The second-order valence-electron chi connectivity index (χ2n) is 7.29. The van der Waals surface area contributed by atoms with E-state index in [0.29, 0.717) is 28.0 Å². The molecule has 0 spiro atoms. The number of anilines is 1. The zero-order chi connectivity index (χ0) is 20.8. The summed E-state index contributed by atoms with van der Waals surface area (Å²) in [7, 11) is -1.76. The van der Waals surface area contributed by atoms with Crippen molar-refractivity contribution >= 4 is 44.6 Å². The van der Waals surface area contributed by atoms with Gasteiger partial charge in [0.2, 0.25) is 5.91 Å². The van der Waals surface area contributed by atoms with Gasteiger partial charge in [0.1, 0.15) is 5.75 Å². The molecule has 0 bridgehead atoms. The molecule has 2 atom stereocenters. The fraction of sp³-hybridized carbons (Fsp3) is 0.350. The van der Waals surface area contributed by atoms with Crippen LogP contribution < -0.4 is 9.64 Å². The van der Waals surface area contributed by atoms with Gasteiger partial charge in [-0.15, -0.1) is 0 Å². The van der Waals surface area contributed by atoms with Crippen LogP contribution in [-0.2, 0) is 21.2 Å². The van der Waals surface area contributed by atoms with Crippen molar-refractivity contribution in [1.82, 2.24) is 4.90 Å². The van der Waals surface area contributed by atoms with Crippen molar-refractivity contribution < 1.29 is 17.9 Å². The lowest BCUT2D eigenvalue weighted by molar-refractivity contribution is -0.123. The summed E-state index contributed by atoms with van der Waals surface area (Å²) >= 11 is 12.5. The maximum absolute atomic E-state index is 13.1. The Morgan fingerprint density at radius 2 is 1.79 bits per heavy atom. The molecule has 0 N–H and O–H groups in total. The first kappa shape index (κ1) is 20.5. The molecule has 0 unspecified atom stereocenters. The van der Waals surface area contributed by atoms with Crippen LogP contribution in [0.15, 0.2) is 42.5 Å². The van der Waals surface area contributed by atoms with Crippen LogP contribution in [-0.4, -0.2) is 56.5 Å². The van der Waals surface area contributed by atoms with Crippen molar-refractivity contribution in [3.05, 3.63) is 58.1 Å². The van der Waals surface area contributed by atoms with Crippen molar-refractivity contribution in [1.29, 1.82) is 0 Å². The predicted molar refractivity (Wildman–Crippen MR) is 114 cm³/mol. The molecule has 2 fully saturated rings. The van der Waals surface area contributed by atoms with Gasteiger partial charge in [0.15, 0.2) is 9.84 Å². The van der Waals surface area contributed by atoms with Gasteiger partial charge >= 0.3 is 0 Å². The lowest BCUT2D eigenvalue weighted by atomic mass is 10.0. The zero-order valence-corrected chi connectivity index (χ0v) is 18.0. The van der Waals surface area contributed by atoms with Crippen molar-refractivity contribution in [3.63, 3.8) is 0 Å². The molecule has 1 amide bonds. The summed E-state index contributed by atoms with van der Waals surface area (Å²) in [5.74, 6) is 0.259. The Labute approximate surface area is 179 Å². The van der Waals surface area contributed by atoms with Gasteiger partial charge in [-0.25, -0.2) is 8.42 Å². The fourth-order valence-corrected chi connectivity index (χ4v) is 6.55. The molecule has 2 aromatic carbocycles. The Kier molecular flexibility index (Phi) is 5.50. The maximum Gasteiger partial charge on any atom is 0.241 e. The first-order chi connectivity index (χ1) is 13.8. The second-order valence-corrected chi connectivity index (χ2v) is 10.3. The second kappa shape index (κ2) is 7.80. The summed E-state index contributed by atoms with van der Waals surface area (Å²) in [6, 6.07) is 11.7. The Morgan fingerprint density at radius 3 is 2.48 bits per heavy atom. The summed E-state index contributed by atoms with van der Waals surface area (Å²) in [6.07, 6.45) is 0. The average Bonchev–Trinajstić information content (AvgIpc) is 2.98. The number of sulfone groups is 1. The van der Waals surface area contributed by atoms with Gasteiger partial charge in [-0.3, -0.25) is 9.69 Å². The van der Waals surface area contributed by atoms with E-state index in [-0.39, 0.29) is 30.0 Å². The topological polar surface area (TPSA) is 66.9 Å². The van der Waals surface area contributed by atoms with Crippen molar-refractivity contribution in [3.8, 4) is 5.75 Å². The van der Waals surface area contributed by atoms with Gasteiger partial charge in [0.25, 0.3) is 0 Å². The molecule has 9 heteroatoms. The number of ether oxygens (including phenoxy) is 1. The van der Waals surface area contributed by atoms with E-state index in [2.05, 4.69) is 0 Å². The van der Waals surface area contributed by atoms with E-state index in [1.807, 2.05) is 23.1 Å². The number of rotatable bonds is 4. The smallest absolute Gasteiger partial charge is 0.241 e. The van der Waals surface area contributed by atoms with Gasteiger partial charge in [-0.1, -0.05) is 41.4 Å². The number of carbonyl (C=O) groups is 1. The number of fused-ring (bicyclic) bond motifs is 1. The summed E-state index contributed by atoms with van der Waals surface area (Å²) < 4.78 is 30.1. The third-order valence-electron chi connectivity index (χ3n) is 5.45. The molecule has 0 aliphatic carbocycles. The van der Waals surface area contributed by atoms with E-state index in [4.69, 9.17) is 27.9 Å². The molecule has 0 radical (unpaired) electrons. The molecular formula is C20H20Cl2N2O4S. The highest BCUT2D eigenvalue weighted by Gasteiger charge is 2.49. The lowest BCUT2D eigenvalue weighted by Gasteiger charge is -2.43. The van der Waals surface area contributed by atoms with Gasteiger partial charge in [0.05, 0.1) is 36.2 Å². The lowest BCUT2D eigenvalue weighted by Crippen LogP contribution is -2.61. The quantitative estimate of drug-likeness (QED) is 0.709. The van der Waals surface area contributed by atoms with Gasteiger partial charge in [-0.05, 0) is 29.8 Å². The fourth-order valence-electron chi connectivity index (χ4n) is 4.12. The zero-order valence-electron chi connectivity index (χ0n) is 15.7.